The minimum atomic E-state index is -0.474. The van der Waals surface area contributed by atoms with Crippen LogP contribution in [0.5, 0.6) is 0 Å². The van der Waals surface area contributed by atoms with Crippen molar-refractivity contribution in [3.05, 3.63) is 53.1 Å². The fraction of sp³-hybridized carbons (Fsp3) is 0.250. The average Bonchev–Trinajstić information content (AvgIpc) is 3.00. The number of carbonyl (C=O) groups excluding carboxylic acids is 3. The molecule has 27 heavy (non-hydrogen) atoms. The summed E-state index contributed by atoms with van der Waals surface area (Å²) in [4.78, 5) is 37.9. The van der Waals surface area contributed by atoms with Gasteiger partial charge in [-0.25, -0.2) is 0 Å². The molecule has 0 saturated carbocycles. The highest BCUT2D eigenvalue weighted by atomic mass is 35.5. The molecule has 2 aromatic carbocycles. The Morgan fingerprint density at radius 2 is 1.74 bits per heavy atom. The summed E-state index contributed by atoms with van der Waals surface area (Å²) < 4.78 is 0. The zero-order valence-electron chi connectivity index (χ0n) is 15.1. The lowest BCUT2D eigenvalue weighted by molar-refractivity contribution is -0.122. The summed E-state index contributed by atoms with van der Waals surface area (Å²) in [7, 11) is 0. The van der Waals surface area contributed by atoms with Crippen LogP contribution >= 0.6 is 11.6 Å². The molecular formula is C20H20ClN3O3. The van der Waals surface area contributed by atoms with Crippen molar-refractivity contribution in [3.8, 4) is 0 Å². The maximum Gasteiger partial charge on any atom is 0.229 e. The fourth-order valence-electron chi connectivity index (χ4n) is 3.12. The number of benzene rings is 2. The molecule has 6 nitrogen and oxygen atoms in total. The molecule has 7 heteroatoms. The Labute approximate surface area is 162 Å². The summed E-state index contributed by atoms with van der Waals surface area (Å²) in [5.74, 6) is -1.02. The third-order valence-corrected chi connectivity index (χ3v) is 4.86. The maximum atomic E-state index is 12.7. The molecule has 0 bridgehead atoms. The van der Waals surface area contributed by atoms with Crippen molar-refractivity contribution in [2.45, 2.75) is 20.3 Å². The molecule has 3 rings (SSSR count). The molecule has 0 spiro atoms. The third-order valence-electron chi connectivity index (χ3n) is 4.54. The number of para-hydroxylation sites is 1. The van der Waals surface area contributed by atoms with E-state index in [0.717, 1.165) is 5.56 Å². The van der Waals surface area contributed by atoms with Crippen molar-refractivity contribution >= 4 is 46.4 Å². The molecule has 1 saturated heterocycles. The van der Waals surface area contributed by atoms with Crippen LogP contribution < -0.4 is 15.5 Å². The molecular weight excluding hydrogens is 366 g/mol. The summed E-state index contributed by atoms with van der Waals surface area (Å²) in [6.45, 7) is 3.52. The quantitative estimate of drug-likeness (QED) is 0.844. The second-order valence-corrected chi connectivity index (χ2v) is 6.91. The Balaban J connectivity index is 1.74. The van der Waals surface area contributed by atoms with E-state index in [-0.39, 0.29) is 30.7 Å². The summed E-state index contributed by atoms with van der Waals surface area (Å²) in [5, 5.41) is 6.08. The van der Waals surface area contributed by atoms with E-state index in [9.17, 15) is 14.4 Å². The third kappa shape index (κ3) is 4.11. The van der Waals surface area contributed by atoms with E-state index < -0.39 is 5.92 Å². The van der Waals surface area contributed by atoms with Gasteiger partial charge in [0.2, 0.25) is 17.7 Å². The Bertz CT molecular complexity index is 913. The second-order valence-electron chi connectivity index (χ2n) is 6.51. The lowest BCUT2D eigenvalue weighted by Crippen LogP contribution is -2.28. The number of nitrogens with one attached hydrogen (secondary N) is 2. The van der Waals surface area contributed by atoms with Gasteiger partial charge in [-0.3, -0.25) is 14.4 Å². The number of nitrogens with zero attached hydrogens (tertiary/aromatic N) is 1. The van der Waals surface area contributed by atoms with E-state index in [2.05, 4.69) is 10.6 Å². The Kier molecular flexibility index (Phi) is 5.46. The number of anilines is 3. The lowest BCUT2D eigenvalue weighted by atomic mass is 10.1. The molecule has 0 aliphatic carbocycles. The van der Waals surface area contributed by atoms with Gasteiger partial charge in [0.05, 0.1) is 16.6 Å². The molecule has 2 N–H and O–H groups in total. The fourth-order valence-corrected chi connectivity index (χ4v) is 3.36. The van der Waals surface area contributed by atoms with Gasteiger partial charge in [-0.05, 0) is 36.8 Å². The molecule has 1 fully saturated rings. The molecule has 0 aromatic heterocycles. The Hall–Kier alpha value is -2.86. The second kappa shape index (κ2) is 7.80. The minimum absolute atomic E-state index is 0.126. The van der Waals surface area contributed by atoms with Gasteiger partial charge in [0, 0.05) is 31.3 Å². The van der Waals surface area contributed by atoms with Gasteiger partial charge in [-0.15, -0.1) is 0 Å². The lowest BCUT2D eigenvalue weighted by Gasteiger charge is -2.18. The van der Waals surface area contributed by atoms with Gasteiger partial charge in [0.1, 0.15) is 0 Å². The molecule has 1 heterocycles. The molecule has 0 radical (unpaired) electrons. The van der Waals surface area contributed by atoms with E-state index in [1.807, 2.05) is 6.92 Å². The van der Waals surface area contributed by atoms with Crippen LogP contribution in [-0.4, -0.2) is 24.3 Å². The predicted molar refractivity (Wildman–Crippen MR) is 106 cm³/mol. The molecule has 140 valence electrons. The standard InChI is InChI=1S/C20H20ClN3O3/c1-12-16(22-13(2)25)7-5-8-17(12)23-20(27)14-10-19(26)24(11-14)18-9-4-3-6-15(18)21/h3-9,14H,10-11H2,1-2H3,(H,22,25)(H,23,27). The first-order chi connectivity index (χ1) is 12.9. The van der Waals surface area contributed by atoms with Crippen molar-refractivity contribution in [1.29, 1.82) is 0 Å². The van der Waals surface area contributed by atoms with Gasteiger partial charge in [0.25, 0.3) is 0 Å². The van der Waals surface area contributed by atoms with E-state index in [0.29, 0.717) is 22.1 Å². The molecule has 1 unspecified atom stereocenters. The van der Waals surface area contributed by atoms with Crippen LogP contribution in [0, 0.1) is 12.8 Å². The van der Waals surface area contributed by atoms with Crippen molar-refractivity contribution in [2.24, 2.45) is 5.92 Å². The van der Waals surface area contributed by atoms with Gasteiger partial charge >= 0.3 is 0 Å². The van der Waals surface area contributed by atoms with E-state index in [1.165, 1.54) is 6.92 Å². The average molecular weight is 386 g/mol. The van der Waals surface area contributed by atoms with Gasteiger partial charge in [0.15, 0.2) is 0 Å². The Morgan fingerprint density at radius 1 is 1.07 bits per heavy atom. The number of halogens is 1. The first-order valence-electron chi connectivity index (χ1n) is 8.59. The molecule has 1 atom stereocenters. The van der Waals surface area contributed by atoms with Crippen LogP contribution in [0.1, 0.15) is 18.9 Å². The van der Waals surface area contributed by atoms with E-state index in [1.54, 1.807) is 47.4 Å². The molecule has 2 aromatic rings. The highest BCUT2D eigenvalue weighted by molar-refractivity contribution is 6.33. The van der Waals surface area contributed by atoms with Gasteiger partial charge < -0.3 is 15.5 Å². The normalized spacial score (nSPS) is 16.3. The zero-order chi connectivity index (χ0) is 19.6. The van der Waals surface area contributed by atoms with Crippen LogP contribution in [0.25, 0.3) is 0 Å². The van der Waals surface area contributed by atoms with Gasteiger partial charge in [-0.2, -0.15) is 0 Å². The van der Waals surface area contributed by atoms with Crippen molar-refractivity contribution < 1.29 is 14.4 Å². The first kappa shape index (κ1) is 18.9. The highest BCUT2D eigenvalue weighted by Gasteiger charge is 2.36. The first-order valence-corrected chi connectivity index (χ1v) is 8.97. The van der Waals surface area contributed by atoms with E-state index in [4.69, 9.17) is 11.6 Å². The maximum absolute atomic E-state index is 12.7. The highest BCUT2D eigenvalue weighted by Crippen LogP contribution is 2.32. The Morgan fingerprint density at radius 3 is 2.41 bits per heavy atom. The van der Waals surface area contributed by atoms with Crippen molar-refractivity contribution in [1.82, 2.24) is 0 Å². The number of hydrogen-bond acceptors (Lipinski definition) is 3. The zero-order valence-corrected chi connectivity index (χ0v) is 15.8. The van der Waals surface area contributed by atoms with Crippen LogP contribution in [0.15, 0.2) is 42.5 Å². The minimum Gasteiger partial charge on any atom is -0.326 e. The molecule has 1 aliphatic heterocycles. The molecule has 1 aliphatic rings. The summed E-state index contributed by atoms with van der Waals surface area (Å²) >= 11 is 6.18. The monoisotopic (exact) mass is 385 g/mol. The predicted octanol–water partition coefficient (Wildman–Crippen LogP) is 3.60. The number of hydrogen-bond donors (Lipinski definition) is 2. The summed E-state index contributed by atoms with van der Waals surface area (Å²) in [5.41, 5.74) is 2.62. The molecule has 3 amide bonds. The van der Waals surface area contributed by atoms with Crippen LogP contribution in [0.2, 0.25) is 5.02 Å². The largest absolute Gasteiger partial charge is 0.326 e. The van der Waals surface area contributed by atoms with Gasteiger partial charge in [-0.1, -0.05) is 29.8 Å². The van der Waals surface area contributed by atoms with Crippen molar-refractivity contribution in [2.75, 3.05) is 22.1 Å². The van der Waals surface area contributed by atoms with Crippen molar-refractivity contribution in [3.63, 3.8) is 0 Å². The van der Waals surface area contributed by atoms with Crippen LogP contribution in [-0.2, 0) is 14.4 Å². The number of rotatable bonds is 4. The SMILES string of the molecule is CC(=O)Nc1cccc(NC(=O)C2CC(=O)N(c3ccccc3Cl)C2)c1C. The number of amides is 3. The van der Waals surface area contributed by atoms with E-state index >= 15 is 0 Å². The van der Waals surface area contributed by atoms with Crippen LogP contribution in [0.4, 0.5) is 17.1 Å². The topological polar surface area (TPSA) is 78.5 Å². The number of carbonyl (C=O) groups is 3. The smallest absolute Gasteiger partial charge is 0.229 e. The summed E-state index contributed by atoms with van der Waals surface area (Å²) in [6.07, 6.45) is 0.126. The van der Waals surface area contributed by atoms with Crippen LogP contribution in [0.3, 0.4) is 0 Å². The summed E-state index contributed by atoms with van der Waals surface area (Å²) in [6, 6.07) is 12.4.